The molecule has 0 spiro atoms. The van der Waals surface area contributed by atoms with Crippen molar-refractivity contribution in [2.75, 3.05) is 5.32 Å². The number of hydrogen-bond acceptors (Lipinski definition) is 4. The number of aliphatic hydroxyl groups excluding tert-OH is 1. The van der Waals surface area contributed by atoms with Gasteiger partial charge in [0.25, 0.3) is 5.91 Å². The van der Waals surface area contributed by atoms with Crippen molar-refractivity contribution in [2.24, 2.45) is 0 Å². The maximum atomic E-state index is 14.8. The van der Waals surface area contributed by atoms with Gasteiger partial charge >= 0.3 is 6.18 Å². The Morgan fingerprint density at radius 3 is 2.43 bits per heavy atom. The number of halogens is 4. The first-order valence-corrected chi connectivity index (χ1v) is 10.2. The third-order valence-electron chi connectivity index (χ3n) is 5.15. The Kier molecular flexibility index (Phi) is 6.36. The normalized spacial score (nSPS) is 12.1. The predicted molar refractivity (Wildman–Crippen MR) is 118 cm³/mol. The quantitative estimate of drug-likeness (QED) is 0.383. The average molecular weight is 480 g/mol. The summed E-state index contributed by atoms with van der Waals surface area (Å²) in [6.45, 7) is 0. The molecule has 2 N–H and O–H groups in total. The molecule has 6 nitrogen and oxygen atoms in total. The molecule has 10 heteroatoms. The summed E-state index contributed by atoms with van der Waals surface area (Å²) in [5, 5.41) is 25.7. The minimum atomic E-state index is -4.86. The standard InChI is InChI=1S/C25H16F4N4O2/c26-19-11-5-10-18(23(34)16-7-2-1-3-8-16)22(19)31-24(35)20-13-21(25(27,28)29)32-33(20)17-9-4-6-15(12-17)14-30/h1-13,23,34H,(H,31,35). The van der Waals surface area contributed by atoms with Crippen molar-refractivity contribution in [3.63, 3.8) is 0 Å². The summed E-state index contributed by atoms with van der Waals surface area (Å²) in [4.78, 5) is 13.1. The third kappa shape index (κ3) is 4.90. The van der Waals surface area contributed by atoms with E-state index in [1.165, 1.54) is 36.4 Å². The van der Waals surface area contributed by atoms with E-state index in [4.69, 9.17) is 5.26 Å². The van der Waals surface area contributed by atoms with Gasteiger partial charge in [-0.3, -0.25) is 4.79 Å². The number of rotatable bonds is 5. The van der Waals surface area contributed by atoms with Gasteiger partial charge in [0.1, 0.15) is 17.6 Å². The Morgan fingerprint density at radius 2 is 1.74 bits per heavy atom. The molecule has 0 fully saturated rings. The molecule has 0 bridgehead atoms. The van der Waals surface area contributed by atoms with Gasteiger partial charge in [0.15, 0.2) is 5.69 Å². The maximum Gasteiger partial charge on any atom is 0.435 e. The van der Waals surface area contributed by atoms with Crippen molar-refractivity contribution in [2.45, 2.75) is 12.3 Å². The number of para-hydroxylation sites is 1. The number of benzene rings is 3. The van der Waals surface area contributed by atoms with Gasteiger partial charge in [0.05, 0.1) is 23.0 Å². The molecule has 35 heavy (non-hydrogen) atoms. The number of nitrogens with one attached hydrogen (secondary N) is 1. The molecule has 0 aliphatic carbocycles. The number of aromatic nitrogens is 2. The lowest BCUT2D eigenvalue weighted by Gasteiger charge is -2.17. The summed E-state index contributed by atoms with van der Waals surface area (Å²) >= 11 is 0. The Hall–Kier alpha value is -4.49. The lowest BCUT2D eigenvalue weighted by molar-refractivity contribution is -0.141. The van der Waals surface area contributed by atoms with E-state index >= 15 is 0 Å². The van der Waals surface area contributed by atoms with E-state index in [2.05, 4.69) is 10.4 Å². The highest BCUT2D eigenvalue weighted by Crippen LogP contribution is 2.32. The van der Waals surface area contributed by atoms with Crippen LogP contribution in [0.1, 0.15) is 39.0 Å². The van der Waals surface area contributed by atoms with Crippen LogP contribution in [-0.4, -0.2) is 20.8 Å². The Balaban J connectivity index is 1.77. The topological polar surface area (TPSA) is 90.9 Å². The molecule has 1 atom stereocenters. The Labute approximate surface area is 196 Å². The number of hydrogen-bond donors (Lipinski definition) is 2. The van der Waals surface area contributed by atoms with Crippen molar-refractivity contribution in [3.8, 4) is 11.8 Å². The molecule has 0 saturated heterocycles. The second-order valence-electron chi connectivity index (χ2n) is 7.46. The second kappa shape index (κ2) is 9.40. The summed E-state index contributed by atoms with van der Waals surface area (Å²) in [6, 6.07) is 20.0. The monoisotopic (exact) mass is 480 g/mol. The van der Waals surface area contributed by atoms with E-state index < -0.39 is 35.4 Å². The zero-order valence-electron chi connectivity index (χ0n) is 17.8. The maximum absolute atomic E-state index is 14.8. The van der Waals surface area contributed by atoms with Crippen molar-refractivity contribution >= 4 is 11.6 Å². The van der Waals surface area contributed by atoms with Crippen LogP contribution < -0.4 is 5.32 Å². The van der Waals surface area contributed by atoms with Gasteiger partial charge in [-0.15, -0.1) is 0 Å². The minimum absolute atomic E-state index is 0.0122. The second-order valence-corrected chi connectivity index (χ2v) is 7.46. The molecule has 0 saturated carbocycles. The van der Waals surface area contributed by atoms with E-state index in [9.17, 15) is 27.5 Å². The fraction of sp³-hybridized carbons (Fsp3) is 0.0800. The van der Waals surface area contributed by atoms with Crippen LogP contribution in [0.5, 0.6) is 0 Å². The number of nitriles is 1. The number of nitrogens with zero attached hydrogens (tertiary/aromatic N) is 3. The van der Waals surface area contributed by atoms with Crippen LogP contribution in [0.3, 0.4) is 0 Å². The average Bonchev–Trinajstić information content (AvgIpc) is 3.32. The molecule has 176 valence electrons. The van der Waals surface area contributed by atoms with Gasteiger partial charge in [-0.2, -0.15) is 23.5 Å². The molecule has 0 radical (unpaired) electrons. The zero-order chi connectivity index (χ0) is 25.2. The summed E-state index contributed by atoms with van der Waals surface area (Å²) in [7, 11) is 0. The van der Waals surface area contributed by atoms with Crippen LogP contribution in [-0.2, 0) is 6.18 Å². The summed E-state index contributed by atoms with van der Waals surface area (Å²) in [5.74, 6) is -1.98. The van der Waals surface area contributed by atoms with E-state index in [1.807, 2.05) is 6.07 Å². The van der Waals surface area contributed by atoms with E-state index in [1.54, 1.807) is 30.3 Å². The van der Waals surface area contributed by atoms with Gasteiger partial charge in [-0.25, -0.2) is 9.07 Å². The number of carbonyl (C=O) groups excluding carboxylic acids is 1. The molecule has 0 aliphatic rings. The molecule has 4 rings (SSSR count). The van der Waals surface area contributed by atoms with Crippen molar-refractivity contribution in [1.29, 1.82) is 5.26 Å². The fourth-order valence-corrected chi connectivity index (χ4v) is 3.48. The van der Waals surface area contributed by atoms with E-state index in [0.29, 0.717) is 11.6 Å². The molecule has 4 aromatic rings. The van der Waals surface area contributed by atoms with Gasteiger partial charge in [-0.05, 0) is 29.8 Å². The number of carbonyl (C=O) groups is 1. The summed E-state index contributed by atoms with van der Waals surface area (Å²) in [5.41, 5.74) is -1.67. The van der Waals surface area contributed by atoms with E-state index in [-0.39, 0.29) is 22.5 Å². The van der Waals surface area contributed by atoms with Crippen LogP contribution in [0.4, 0.5) is 23.2 Å². The molecule has 3 aromatic carbocycles. The largest absolute Gasteiger partial charge is 0.435 e. The van der Waals surface area contributed by atoms with Crippen LogP contribution in [0, 0.1) is 17.1 Å². The summed E-state index contributed by atoms with van der Waals surface area (Å²) < 4.78 is 55.7. The highest BCUT2D eigenvalue weighted by atomic mass is 19.4. The smallest absolute Gasteiger partial charge is 0.384 e. The molecule has 1 amide bonds. The minimum Gasteiger partial charge on any atom is -0.384 e. The molecule has 1 unspecified atom stereocenters. The molecule has 1 aromatic heterocycles. The first-order chi connectivity index (χ1) is 16.7. The number of anilines is 1. The first-order valence-electron chi connectivity index (χ1n) is 10.2. The third-order valence-corrected chi connectivity index (χ3v) is 5.15. The van der Waals surface area contributed by atoms with Crippen LogP contribution in [0.2, 0.25) is 0 Å². The van der Waals surface area contributed by atoms with Crippen molar-refractivity contribution < 1.29 is 27.5 Å². The van der Waals surface area contributed by atoms with Gasteiger partial charge in [0.2, 0.25) is 0 Å². The highest BCUT2D eigenvalue weighted by Gasteiger charge is 2.36. The van der Waals surface area contributed by atoms with Gasteiger partial charge < -0.3 is 10.4 Å². The molecular formula is C25H16F4N4O2. The molecule has 1 heterocycles. The van der Waals surface area contributed by atoms with Crippen molar-refractivity contribution in [3.05, 3.63) is 113 Å². The number of aliphatic hydroxyl groups is 1. The van der Waals surface area contributed by atoms with Crippen LogP contribution in [0.15, 0.2) is 78.9 Å². The SMILES string of the molecule is N#Cc1cccc(-n2nc(C(F)(F)F)cc2C(=O)Nc2c(F)cccc2C(O)c2ccccc2)c1. The molecular weight excluding hydrogens is 464 g/mol. The van der Waals surface area contributed by atoms with E-state index in [0.717, 1.165) is 10.7 Å². The fourth-order valence-electron chi connectivity index (χ4n) is 3.48. The number of amides is 1. The lowest BCUT2D eigenvalue weighted by atomic mass is 9.99. The summed E-state index contributed by atoms with van der Waals surface area (Å²) in [6.07, 6.45) is -6.18. The molecule has 0 aliphatic heterocycles. The Morgan fingerprint density at radius 1 is 1.03 bits per heavy atom. The Bertz CT molecular complexity index is 1430. The van der Waals surface area contributed by atoms with Crippen LogP contribution >= 0.6 is 0 Å². The zero-order valence-corrected chi connectivity index (χ0v) is 17.8. The first kappa shape index (κ1) is 23.7. The van der Waals surface area contributed by atoms with Crippen molar-refractivity contribution in [1.82, 2.24) is 9.78 Å². The number of alkyl halides is 3. The lowest BCUT2D eigenvalue weighted by Crippen LogP contribution is -2.19. The van der Waals surface area contributed by atoms with Gasteiger partial charge in [0, 0.05) is 11.6 Å². The van der Waals surface area contributed by atoms with Crippen LogP contribution in [0.25, 0.3) is 5.69 Å². The van der Waals surface area contributed by atoms with Gasteiger partial charge in [-0.1, -0.05) is 48.5 Å². The highest BCUT2D eigenvalue weighted by molar-refractivity contribution is 6.04. The predicted octanol–water partition coefficient (Wildman–Crippen LogP) is 5.24.